The minimum Gasteiger partial charge on any atom is -0.370 e. The number of primary amides is 1. The molecule has 2 heteroatoms. The van der Waals surface area contributed by atoms with Gasteiger partial charge in [-0.05, 0) is 35.6 Å². The first kappa shape index (κ1) is 14.1. The smallest absolute Gasteiger partial charge is 0.217 e. The minimum atomic E-state index is -0.260. The molecule has 0 aromatic heterocycles. The van der Waals surface area contributed by atoms with Gasteiger partial charge < -0.3 is 5.73 Å². The molecule has 0 atom stereocenters. The first-order valence-corrected chi connectivity index (χ1v) is 6.78. The molecule has 2 aromatic carbocycles. The largest absolute Gasteiger partial charge is 0.370 e. The fourth-order valence-corrected chi connectivity index (χ4v) is 2.12. The lowest BCUT2D eigenvalue weighted by Crippen LogP contribution is -2.08. The van der Waals surface area contributed by atoms with Crippen molar-refractivity contribution in [3.63, 3.8) is 0 Å². The maximum atomic E-state index is 10.6. The van der Waals surface area contributed by atoms with Gasteiger partial charge in [0.2, 0.25) is 5.91 Å². The molecule has 2 aromatic rings. The van der Waals surface area contributed by atoms with Gasteiger partial charge >= 0.3 is 0 Å². The average molecular weight is 265 g/mol. The van der Waals surface area contributed by atoms with E-state index in [9.17, 15) is 4.79 Å². The highest BCUT2D eigenvalue weighted by atomic mass is 16.1. The Kier molecular flexibility index (Phi) is 4.72. The molecule has 0 radical (unpaired) electrons. The van der Waals surface area contributed by atoms with E-state index < -0.39 is 0 Å². The maximum absolute atomic E-state index is 10.6. The Balaban J connectivity index is 2.07. The third-order valence-electron chi connectivity index (χ3n) is 3.23. The summed E-state index contributed by atoms with van der Waals surface area (Å²) in [5.41, 5.74) is 9.98. The van der Waals surface area contributed by atoms with Crippen LogP contribution in [-0.4, -0.2) is 5.91 Å². The number of allylic oxidation sites excluding steroid dienone is 1. The average Bonchev–Trinajstić information content (AvgIpc) is 2.45. The number of nitrogens with two attached hydrogens (primary N) is 1. The molecule has 2 rings (SSSR count). The highest BCUT2D eigenvalue weighted by molar-refractivity contribution is 5.74. The molecule has 0 fully saturated rings. The molecule has 0 aliphatic heterocycles. The zero-order valence-corrected chi connectivity index (χ0v) is 11.7. The summed E-state index contributed by atoms with van der Waals surface area (Å²) in [5, 5.41) is 0. The molecule has 20 heavy (non-hydrogen) atoms. The number of hydrogen-bond donors (Lipinski definition) is 1. The van der Waals surface area contributed by atoms with Crippen molar-refractivity contribution in [2.24, 2.45) is 5.73 Å². The highest BCUT2D eigenvalue weighted by Gasteiger charge is 1.99. The van der Waals surface area contributed by atoms with E-state index in [0.717, 1.165) is 5.56 Å². The monoisotopic (exact) mass is 265 g/mol. The Morgan fingerprint density at radius 2 is 1.80 bits per heavy atom. The zero-order chi connectivity index (χ0) is 14.4. The molecular formula is C18H19NO. The number of hydrogen-bond acceptors (Lipinski definition) is 1. The molecule has 0 aliphatic carbocycles. The van der Waals surface area contributed by atoms with Gasteiger partial charge in [0.1, 0.15) is 0 Å². The number of benzene rings is 2. The van der Waals surface area contributed by atoms with Crippen LogP contribution in [-0.2, 0) is 4.79 Å². The van der Waals surface area contributed by atoms with Crippen LogP contribution in [0.1, 0.15) is 24.0 Å². The van der Waals surface area contributed by atoms with E-state index in [2.05, 4.69) is 55.5 Å². The Bertz CT molecular complexity index is 612. The molecule has 0 aliphatic rings. The van der Waals surface area contributed by atoms with E-state index in [1.807, 2.05) is 12.2 Å². The van der Waals surface area contributed by atoms with Gasteiger partial charge in [-0.1, -0.05) is 60.7 Å². The summed E-state index contributed by atoms with van der Waals surface area (Å²) in [6.07, 6.45) is 5.09. The molecule has 0 saturated heterocycles. The quantitative estimate of drug-likeness (QED) is 0.874. The predicted molar refractivity (Wildman–Crippen MR) is 84.1 cm³/mol. The Hall–Kier alpha value is -2.35. The van der Waals surface area contributed by atoms with E-state index >= 15 is 0 Å². The van der Waals surface area contributed by atoms with Gasteiger partial charge in [-0.25, -0.2) is 0 Å². The molecule has 0 saturated carbocycles. The Labute approximate surface area is 119 Å². The summed E-state index contributed by atoms with van der Waals surface area (Å²) in [5.74, 6) is -0.260. The lowest BCUT2D eigenvalue weighted by molar-refractivity contribution is -0.117. The van der Waals surface area contributed by atoms with Gasteiger partial charge in [0.05, 0.1) is 0 Å². The van der Waals surface area contributed by atoms with Crippen LogP contribution >= 0.6 is 0 Å². The van der Waals surface area contributed by atoms with E-state index in [-0.39, 0.29) is 5.91 Å². The van der Waals surface area contributed by atoms with Crippen molar-refractivity contribution in [1.82, 2.24) is 0 Å². The van der Waals surface area contributed by atoms with Crippen LogP contribution in [0.5, 0.6) is 0 Å². The lowest BCUT2D eigenvalue weighted by Gasteiger charge is -2.05. The summed E-state index contributed by atoms with van der Waals surface area (Å²) in [6.45, 7) is 2.12. The molecule has 2 nitrogen and oxygen atoms in total. The minimum absolute atomic E-state index is 0.260. The second-order valence-electron chi connectivity index (χ2n) is 4.84. The first-order valence-electron chi connectivity index (χ1n) is 6.78. The van der Waals surface area contributed by atoms with E-state index in [4.69, 9.17) is 5.73 Å². The van der Waals surface area contributed by atoms with Crippen molar-refractivity contribution < 1.29 is 4.79 Å². The van der Waals surface area contributed by atoms with Crippen molar-refractivity contribution in [1.29, 1.82) is 0 Å². The third-order valence-corrected chi connectivity index (χ3v) is 3.23. The van der Waals surface area contributed by atoms with Gasteiger partial charge in [0, 0.05) is 6.42 Å². The van der Waals surface area contributed by atoms with Crippen LogP contribution in [0.15, 0.2) is 54.6 Å². The van der Waals surface area contributed by atoms with E-state index in [0.29, 0.717) is 12.8 Å². The zero-order valence-electron chi connectivity index (χ0n) is 11.7. The van der Waals surface area contributed by atoms with Gasteiger partial charge in [0.25, 0.3) is 0 Å². The van der Waals surface area contributed by atoms with Crippen molar-refractivity contribution in [3.8, 4) is 11.1 Å². The van der Waals surface area contributed by atoms with Crippen LogP contribution in [0.25, 0.3) is 17.2 Å². The molecule has 0 spiro atoms. The van der Waals surface area contributed by atoms with Crippen molar-refractivity contribution in [2.45, 2.75) is 19.8 Å². The van der Waals surface area contributed by atoms with Crippen LogP contribution in [0, 0.1) is 6.92 Å². The number of aryl methyl sites for hydroxylation is 1. The molecule has 2 N–H and O–H groups in total. The molecule has 102 valence electrons. The topological polar surface area (TPSA) is 43.1 Å². The molecule has 0 unspecified atom stereocenters. The summed E-state index contributed by atoms with van der Waals surface area (Å²) in [7, 11) is 0. The second kappa shape index (κ2) is 6.71. The molecule has 0 bridgehead atoms. The Morgan fingerprint density at radius 3 is 2.45 bits per heavy atom. The van der Waals surface area contributed by atoms with Crippen LogP contribution in [0.4, 0.5) is 0 Å². The predicted octanol–water partition coefficient (Wildman–Crippen LogP) is 3.94. The van der Waals surface area contributed by atoms with E-state index in [1.165, 1.54) is 16.7 Å². The van der Waals surface area contributed by atoms with E-state index in [1.54, 1.807) is 0 Å². The van der Waals surface area contributed by atoms with Crippen LogP contribution in [0.3, 0.4) is 0 Å². The summed E-state index contributed by atoms with van der Waals surface area (Å²) in [4.78, 5) is 10.6. The second-order valence-corrected chi connectivity index (χ2v) is 4.84. The summed E-state index contributed by atoms with van der Waals surface area (Å²) in [6, 6.07) is 16.8. The Morgan fingerprint density at radius 1 is 1.10 bits per heavy atom. The summed E-state index contributed by atoms with van der Waals surface area (Å²) >= 11 is 0. The van der Waals surface area contributed by atoms with Crippen molar-refractivity contribution >= 4 is 12.0 Å². The molecule has 0 heterocycles. The standard InChI is InChI=1S/C18H19NO/c1-14-6-2-4-8-17(14)16-12-10-15(11-13-16)7-3-5-9-18(19)20/h2-4,6-8,10-13H,5,9H2,1H3,(H2,19,20). The van der Waals surface area contributed by atoms with Gasteiger partial charge in [0.15, 0.2) is 0 Å². The molecule has 1 amide bonds. The lowest BCUT2D eigenvalue weighted by atomic mass is 9.99. The third kappa shape index (κ3) is 3.82. The van der Waals surface area contributed by atoms with Gasteiger partial charge in [-0.3, -0.25) is 4.79 Å². The van der Waals surface area contributed by atoms with Gasteiger partial charge in [-0.15, -0.1) is 0 Å². The van der Waals surface area contributed by atoms with Crippen molar-refractivity contribution in [2.75, 3.05) is 0 Å². The molecular weight excluding hydrogens is 246 g/mol. The maximum Gasteiger partial charge on any atom is 0.217 e. The van der Waals surface area contributed by atoms with Crippen molar-refractivity contribution in [3.05, 3.63) is 65.7 Å². The number of carbonyl (C=O) groups excluding carboxylic acids is 1. The number of carbonyl (C=O) groups is 1. The van der Waals surface area contributed by atoms with Crippen LogP contribution < -0.4 is 5.73 Å². The normalized spacial score (nSPS) is 10.8. The highest BCUT2D eigenvalue weighted by Crippen LogP contribution is 2.23. The van der Waals surface area contributed by atoms with Crippen LogP contribution in [0.2, 0.25) is 0 Å². The number of rotatable bonds is 5. The summed E-state index contributed by atoms with van der Waals surface area (Å²) < 4.78 is 0. The first-order chi connectivity index (χ1) is 9.66. The SMILES string of the molecule is Cc1ccccc1-c1ccc(C=CCCC(N)=O)cc1. The number of amides is 1. The fraction of sp³-hybridized carbons (Fsp3) is 0.167. The fourth-order valence-electron chi connectivity index (χ4n) is 2.12. The van der Waals surface area contributed by atoms with Gasteiger partial charge in [-0.2, -0.15) is 0 Å².